The summed E-state index contributed by atoms with van der Waals surface area (Å²) < 4.78 is 14.8. The Kier molecular flexibility index (Phi) is 5.69. The molecule has 5 nitrogen and oxygen atoms in total. The van der Waals surface area contributed by atoms with E-state index in [4.69, 9.17) is 0 Å². The molecule has 1 amide bonds. The summed E-state index contributed by atoms with van der Waals surface area (Å²) in [7, 11) is 0. The fraction of sp³-hybridized carbons (Fsp3) is 0.348. The summed E-state index contributed by atoms with van der Waals surface area (Å²) in [5, 5.41) is 3.67. The van der Waals surface area contributed by atoms with Crippen LogP contribution in [0.3, 0.4) is 0 Å². The van der Waals surface area contributed by atoms with E-state index >= 15 is 0 Å². The summed E-state index contributed by atoms with van der Waals surface area (Å²) in [6.45, 7) is 0.267. The number of hydrogen-bond donors (Lipinski definition) is 1. The van der Waals surface area contributed by atoms with Gasteiger partial charge < -0.3 is 5.32 Å². The lowest BCUT2D eigenvalue weighted by molar-refractivity contribution is -0.122. The minimum absolute atomic E-state index is 0.119. The smallest absolute Gasteiger partial charge is 0.261 e. The summed E-state index contributed by atoms with van der Waals surface area (Å²) in [6.07, 6.45) is 6.08. The van der Waals surface area contributed by atoms with Gasteiger partial charge in [0.25, 0.3) is 5.56 Å². The van der Waals surface area contributed by atoms with E-state index in [9.17, 15) is 14.0 Å². The average molecular weight is 393 g/mol. The molecule has 1 fully saturated rings. The fourth-order valence-electron chi connectivity index (χ4n) is 4.17. The number of para-hydroxylation sites is 1. The number of aromatic nitrogens is 2. The standard InChI is InChI=1S/C23H24FN3O2/c24-18-11-9-17(10-12-18)22(16-5-1-2-6-16)26-21(28)13-14-27-15-25-20-8-4-3-7-19(20)23(27)29/h3-4,7-12,15-16,22H,1-2,5-6,13-14H2,(H,26,28). The number of rotatable bonds is 6. The second-order valence-corrected chi connectivity index (χ2v) is 7.65. The lowest BCUT2D eigenvalue weighted by Gasteiger charge is -2.25. The van der Waals surface area contributed by atoms with Gasteiger partial charge in [-0.3, -0.25) is 14.2 Å². The molecule has 1 aliphatic carbocycles. The Morgan fingerprint density at radius 3 is 2.62 bits per heavy atom. The molecule has 29 heavy (non-hydrogen) atoms. The molecule has 0 radical (unpaired) electrons. The Hall–Kier alpha value is -3.02. The van der Waals surface area contributed by atoms with Crippen molar-refractivity contribution in [3.8, 4) is 0 Å². The maximum atomic E-state index is 13.3. The molecule has 3 aromatic rings. The van der Waals surface area contributed by atoms with Crippen LogP contribution in [0.25, 0.3) is 10.9 Å². The first-order valence-electron chi connectivity index (χ1n) is 10.1. The van der Waals surface area contributed by atoms with Crippen LogP contribution < -0.4 is 10.9 Å². The number of fused-ring (bicyclic) bond motifs is 1. The van der Waals surface area contributed by atoms with E-state index in [1.165, 1.54) is 23.0 Å². The third-order valence-electron chi connectivity index (χ3n) is 5.73. The van der Waals surface area contributed by atoms with E-state index in [2.05, 4.69) is 10.3 Å². The lowest BCUT2D eigenvalue weighted by Crippen LogP contribution is -2.34. The number of nitrogens with zero attached hydrogens (tertiary/aromatic N) is 2. The van der Waals surface area contributed by atoms with Gasteiger partial charge in [0.05, 0.1) is 23.3 Å². The average Bonchev–Trinajstić information content (AvgIpc) is 3.27. The van der Waals surface area contributed by atoms with Crippen LogP contribution in [-0.2, 0) is 11.3 Å². The summed E-state index contributed by atoms with van der Waals surface area (Å²) >= 11 is 0. The number of hydrogen-bond acceptors (Lipinski definition) is 3. The predicted molar refractivity (Wildman–Crippen MR) is 110 cm³/mol. The zero-order valence-electron chi connectivity index (χ0n) is 16.2. The van der Waals surface area contributed by atoms with Gasteiger partial charge in [-0.25, -0.2) is 9.37 Å². The van der Waals surface area contributed by atoms with Gasteiger partial charge in [-0.05, 0) is 48.6 Å². The van der Waals surface area contributed by atoms with Crippen molar-refractivity contribution < 1.29 is 9.18 Å². The molecule has 150 valence electrons. The van der Waals surface area contributed by atoms with Gasteiger partial charge in [-0.15, -0.1) is 0 Å². The van der Waals surface area contributed by atoms with Crippen LogP contribution in [0, 0.1) is 11.7 Å². The van der Waals surface area contributed by atoms with E-state index in [0.29, 0.717) is 16.8 Å². The van der Waals surface area contributed by atoms with Crippen LogP contribution in [0.15, 0.2) is 59.7 Å². The van der Waals surface area contributed by atoms with Crippen molar-refractivity contribution in [1.29, 1.82) is 0 Å². The van der Waals surface area contributed by atoms with Gasteiger partial charge in [0.15, 0.2) is 0 Å². The normalized spacial score (nSPS) is 15.5. The van der Waals surface area contributed by atoms with E-state index in [1.54, 1.807) is 30.3 Å². The van der Waals surface area contributed by atoms with Crippen molar-refractivity contribution in [2.24, 2.45) is 5.92 Å². The lowest BCUT2D eigenvalue weighted by atomic mass is 9.91. The van der Waals surface area contributed by atoms with Gasteiger partial charge in [-0.2, -0.15) is 0 Å². The second-order valence-electron chi connectivity index (χ2n) is 7.65. The minimum atomic E-state index is -0.284. The SMILES string of the molecule is O=C(CCn1cnc2ccccc2c1=O)NC(c1ccc(F)cc1)C1CCCC1. The topological polar surface area (TPSA) is 64.0 Å². The van der Waals surface area contributed by atoms with Crippen LogP contribution in [0.2, 0.25) is 0 Å². The van der Waals surface area contributed by atoms with E-state index < -0.39 is 0 Å². The first kappa shape index (κ1) is 19.3. The largest absolute Gasteiger partial charge is 0.349 e. The molecule has 6 heteroatoms. The van der Waals surface area contributed by atoms with Gasteiger partial charge in [0.2, 0.25) is 5.91 Å². The molecule has 0 saturated heterocycles. The molecular formula is C23H24FN3O2. The van der Waals surface area contributed by atoms with E-state index in [-0.39, 0.29) is 36.3 Å². The Labute approximate surface area is 168 Å². The molecule has 0 spiro atoms. The van der Waals surface area contributed by atoms with Crippen molar-refractivity contribution in [2.75, 3.05) is 0 Å². The third kappa shape index (κ3) is 4.36. The Balaban J connectivity index is 1.46. The molecule has 1 unspecified atom stereocenters. The number of carbonyl (C=O) groups is 1. The molecule has 0 aliphatic heterocycles. The van der Waals surface area contributed by atoms with Crippen molar-refractivity contribution in [3.63, 3.8) is 0 Å². The van der Waals surface area contributed by atoms with Gasteiger partial charge in [0.1, 0.15) is 5.82 Å². The molecule has 1 aliphatic rings. The molecule has 0 bridgehead atoms. The second kappa shape index (κ2) is 8.55. The van der Waals surface area contributed by atoms with E-state index in [1.807, 2.05) is 6.07 Å². The molecule has 1 N–H and O–H groups in total. The van der Waals surface area contributed by atoms with Crippen molar-refractivity contribution in [2.45, 2.75) is 44.7 Å². The number of halogens is 1. The first-order chi connectivity index (χ1) is 14.1. The summed E-state index contributed by atoms with van der Waals surface area (Å²) in [6, 6.07) is 13.4. The first-order valence-corrected chi connectivity index (χ1v) is 10.1. The number of nitrogens with one attached hydrogen (secondary N) is 1. The third-order valence-corrected chi connectivity index (χ3v) is 5.73. The van der Waals surface area contributed by atoms with Gasteiger partial charge >= 0.3 is 0 Å². The van der Waals surface area contributed by atoms with Crippen molar-refractivity contribution in [1.82, 2.24) is 14.9 Å². The molecule has 1 aromatic heterocycles. The van der Waals surface area contributed by atoms with Crippen LogP contribution in [0.5, 0.6) is 0 Å². The molecule has 1 heterocycles. The zero-order valence-corrected chi connectivity index (χ0v) is 16.2. The van der Waals surface area contributed by atoms with Gasteiger partial charge in [0, 0.05) is 13.0 Å². The van der Waals surface area contributed by atoms with Crippen molar-refractivity contribution >= 4 is 16.8 Å². The van der Waals surface area contributed by atoms with Crippen LogP contribution in [0.4, 0.5) is 4.39 Å². The Morgan fingerprint density at radius 1 is 1.14 bits per heavy atom. The van der Waals surface area contributed by atoms with Crippen LogP contribution >= 0.6 is 0 Å². The minimum Gasteiger partial charge on any atom is -0.349 e. The quantitative estimate of drug-likeness (QED) is 0.689. The maximum Gasteiger partial charge on any atom is 0.261 e. The van der Waals surface area contributed by atoms with Crippen LogP contribution in [-0.4, -0.2) is 15.5 Å². The highest BCUT2D eigenvalue weighted by Crippen LogP contribution is 2.35. The highest BCUT2D eigenvalue weighted by Gasteiger charge is 2.27. The molecule has 4 rings (SSSR count). The monoisotopic (exact) mass is 393 g/mol. The van der Waals surface area contributed by atoms with Crippen molar-refractivity contribution in [3.05, 3.63) is 76.6 Å². The van der Waals surface area contributed by atoms with Gasteiger partial charge in [-0.1, -0.05) is 37.1 Å². The number of aryl methyl sites for hydroxylation is 1. The fourth-order valence-corrected chi connectivity index (χ4v) is 4.17. The summed E-state index contributed by atoms with van der Waals surface area (Å²) in [5.74, 6) is -0.0471. The maximum absolute atomic E-state index is 13.3. The zero-order chi connectivity index (χ0) is 20.2. The molecular weight excluding hydrogens is 369 g/mol. The molecule has 1 atom stereocenters. The van der Waals surface area contributed by atoms with E-state index in [0.717, 1.165) is 31.2 Å². The number of benzene rings is 2. The highest BCUT2D eigenvalue weighted by atomic mass is 19.1. The molecule has 2 aromatic carbocycles. The summed E-state index contributed by atoms with van der Waals surface area (Å²) in [4.78, 5) is 29.6. The Bertz CT molecular complexity index is 1060. The number of amides is 1. The highest BCUT2D eigenvalue weighted by molar-refractivity contribution is 5.77. The number of carbonyl (C=O) groups excluding carboxylic acids is 1. The predicted octanol–water partition coefficient (Wildman–Crippen LogP) is 3.97. The summed E-state index contributed by atoms with van der Waals surface area (Å²) in [5.41, 5.74) is 1.43. The molecule has 1 saturated carbocycles. The van der Waals surface area contributed by atoms with Crippen LogP contribution in [0.1, 0.15) is 43.7 Å². The Morgan fingerprint density at radius 2 is 1.86 bits per heavy atom.